The van der Waals surface area contributed by atoms with Crippen molar-refractivity contribution in [2.75, 3.05) is 38.7 Å². The average Bonchev–Trinajstić information content (AvgIpc) is 2.60. The van der Waals surface area contributed by atoms with Gasteiger partial charge < -0.3 is 15.3 Å². The van der Waals surface area contributed by atoms with Crippen LogP contribution in [0, 0.1) is 11.8 Å². The van der Waals surface area contributed by atoms with Crippen molar-refractivity contribution < 1.29 is 9.90 Å². The number of rotatable bonds is 7. The minimum absolute atomic E-state index is 0.0788. The molecule has 5 heteroatoms. The normalized spacial score (nSPS) is 17.2. The number of carbonyl (C=O) groups excluding carboxylic acids is 1. The summed E-state index contributed by atoms with van der Waals surface area (Å²) in [4.78, 5) is 16.7. The molecule has 0 radical (unpaired) electrons. The summed E-state index contributed by atoms with van der Waals surface area (Å²) in [5, 5.41) is 12.3. The van der Waals surface area contributed by atoms with E-state index >= 15 is 0 Å². The zero-order chi connectivity index (χ0) is 18.4. The highest BCUT2D eigenvalue weighted by Gasteiger charge is 2.24. The first kappa shape index (κ1) is 19.7. The Kier molecular flexibility index (Phi) is 7.26. The molecule has 1 saturated heterocycles. The second-order valence-electron chi connectivity index (χ2n) is 7.65. The summed E-state index contributed by atoms with van der Waals surface area (Å²) in [5.41, 5.74) is 2.34. The third-order valence-electron chi connectivity index (χ3n) is 5.10. The number of nitrogens with zero attached hydrogens (tertiary/aromatic N) is 2. The Morgan fingerprint density at radius 3 is 2.32 bits per heavy atom. The first-order valence-electron chi connectivity index (χ1n) is 9.31. The zero-order valence-electron chi connectivity index (χ0n) is 16.0. The summed E-state index contributed by atoms with van der Waals surface area (Å²) >= 11 is 0. The van der Waals surface area contributed by atoms with Gasteiger partial charge in [-0.3, -0.25) is 9.69 Å². The molecule has 1 aromatic carbocycles. The van der Waals surface area contributed by atoms with E-state index in [-0.39, 0.29) is 17.9 Å². The van der Waals surface area contributed by atoms with Gasteiger partial charge in [-0.2, -0.15) is 0 Å². The summed E-state index contributed by atoms with van der Waals surface area (Å²) in [6.45, 7) is 7.00. The maximum Gasteiger partial charge on any atom is 0.237 e. The van der Waals surface area contributed by atoms with Crippen LogP contribution in [0.4, 0.5) is 5.69 Å². The van der Waals surface area contributed by atoms with Gasteiger partial charge >= 0.3 is 0 Å². The highest BCUT2D eigenvalue weighted by atomic mass is 16.3. The lowest BCUT2D eigenvalue weighted by Crippen LogP contribution is -2.46. The van der Waals surface area contributed by atoms with Gasteiger partial charge in [0.25, 0.3) is 0 Å². The molecule has 1 aromatic rings. The highest BCUT2D eigenvalue weighted by molar-refractivity contribution is 5.81. The second kappa shape index (κ2) is 9.20. The van der Waals surface area contributed by atoms with Crippen LogP contribution in [0.5, 0.6) is 0 Å². The topological polar surface area (TPSA) is 55.8 Å². The Morgan fingerprint density at radius 1 is 1.24 bits per heavy atom. The fourth-order valence-corrected chi connectivity index (χ4v) is 3.63. The van der Waals surface area contributed by atoms with Gasteiger partial charge in [-0.15, -0.1) is 0 Å². The number of nitrogens with one attached hydrogen (secondary N) is 1. The van der Waals surface area contributed by atoms with Crippen molar-refractivity contribution in [3.8, 4) is 0 Å². The molecule has 140 valence electrons. The van der Waals surface area contributed by atoms with Crippen molar-refractivity contribution in [2.45, 2.75) is 39.3 Å². The lowest BCUT2D eigenvalue weighted by Gasteiger charge is -2.33. The van der Waals surface area contributed by atoms with Gasteiger partial charge in [0, 0.05) is 31.9 Å². The van der Waals surface area contributed by atoms with Crippen LogP contribution in [0.3, 0.4) is 0 Å². The Bertz CT molecular complexity index is 526. The summed E-state index contributed by atoms with van der Waals surface area (Å²) < 4.78 is 0. The number of aliphatic hydroxyl groups is 1. The molecule has 0 aromatic heterocycles. The molecule has 1 aliphatic heterocycles. The number of piperidine rings is 1. The average molecular weight is 348 g/mol. The molecule has 1 atom stereocenters. The number of hydrogen-bond acceptors (Lipinski definition) is 4. The smallest absolute Gasteiger partial charge is 0.237 e. The van der Waals surface area contributed by atoms with Crippen molar-refractivity contribution in [3.05, 3.63) is 29.8 Å². The van der Waals surface area contributed by atoms with E-state index in [9.17, 15) is 9.90 Å². The zero-order valence-corrected chi connectivity index (χ0v) is 16.0. The van der Waals surface area contributed by atoms with Crippen LogP contribution in [-0.2, 0) is 11.3 Å². The summed E-state index contributed by atoms with van der Waals surface area (Å²) in [6.07, 6.45) is 2.10. The van der Waals surface area contributed by atoms with Crippen LogP contribution in [0.1, 0.15) is 32.3 Å². The first-order valence-corrected chi connectivity index (χ1v) is 9.31. The molecule has 1 fully saturated rings. The predicted molar refractivity (Wildman–Crippen MR) is 103 cm³/mol. The summed E-state index contributed by atoms with van der Waals surface area (Å²) in [5.74, 6) is 0.811. The van der Waals surface area contributed by atoms with Gasteiger partial charge in [-0.1, -0.05) is 26.0 Å². The molecule has 0 aliphatic carbocycles. The number of benzene rings is 1. The monoisotopic (exact) mass is 347 g/mol. The number of hydrogen-bond donors (Lipinski definition) is 2. The largest absolute Gasteiger partial charge is 0.396 e. The molecule has 0 spiro atoms. The Labute approximate surface area is 152 Å². The third kappa shape index (κ3) is 5.44. The molecule has 25 heavy (non-hydrogen) atoms. The fourth-order valence-electron chi connectivity index (χ4n) is 3.63. The minimum Gasteiger partial charge on any atom is -0.396 e. The second-order valence-corrected chi connectivity index (χ2v) is 7.65. The van der Waals surface area contributed by atoms with E-state index in [1.54, 1.807) is 0 Å². The molecule has 2 N–H and O–H groups in total. The van der Waals surface area contributed by atoms with Crippen molar-refractivity contribution in [2.24, 2.45) is 11.8 Å². The van der Waals surface area contributed by atoms with Gasteiger partial charge in [0.1, 0.15) is 0 Å². The lowest BCUT2D eigenvalue weighted by molar-refractivity contribution is -0.127. The predicted octanol–water partition coefficient (Wildman–Crippen LogP) is 2.10. The molecule has 1 unspecified atom stereocenters. The van der Waals surface area contributed by atoms with Crippen LogP contribution >= 0.6 is 0 Å². The molecule has 1 heterocycles. The molecule has 5 nitrogen and oxygen atoms in total. The highest BCUT2D eigenvalue weighted by Crippen LogP contribution is 2.23. The van der Waals surface area contributed by atoms with Crippen LogP contribution in [0.25, 0.3) is 0 Å². The van der Waals surface area contributed by atoms with E-state index in [4.69, 9.17) is 0 Å². The minimum atomic E-state index is -0.105. The summed E-state index contributed by atoms with van der Waals surface area (Å²) in [6, 6.07) is 8.34. The molecular formula is C20H33N3O2. The van der Waals surface area contributed by atoms with Crippen LogP contribution in [0.2, 0.25) is 0 Å². The van der Waals surface area contributed by atoms with Crippen molar-refractivity contribution >= 4 is 11.6 Å². The molecule has 1 amide bonds. The van der Waals surface area contributed by atoms with Crippen LogP contribution < -0.4 is 10.2 Å². The van der Waals surface area contributed by atoms with E-state index in [1.807, 2.05) is 19.0 Å². The van der Waals surface area contributed by atoms with Crippen LogP contribution in [-0.4, -0.2) is 55.7 Å². The SMILES string of the molecule is CC(C)C(C(=O)NCc1ccc(N2CCC(CO)CC2)cc1)N(C)C. The standard InChI is InChI=1S/C20H33N3O2/c1-15(2)19(22(3)4)20(25)21-13-16-5-7-18(8-6-16)23-11-9-17(14-24)10-12-23/h5-8,15,17,19,24H,9-14H2,1-4H3,(H,21,25). The fraction of sp³-hybridized carbons (Fsp3) is 0.650. The van der Waals surface area contributed by atoms with Gasteiger partial charge in [0.05, 0.1) is 6.04 Å². The number of anilines is 1. The number of aliphatic hydroxyl groups excluding tert-OH is 1. The maximum absolute atomic E-state index is 12.4. The number of amides is 1. The van der Waals surface area contributed by atoms with E-state index in [0.717, 1.165) is 31.5 Å². The van der Waals surface area contributed by atoms with Crippen molar-refractivity contribution in [1.29, 1.82) is 0 Å². The van der Waals surface area contributed by atoms with Gasteiger partial charge in [0.15, 0.2) is 0 Å². The molecular weight excluding hydrogens is 314 g/mol. The molecule has 0 saturated carbocycles. The maximum atomic E-state index is 12.4. The van der Waals surface area contributed by atoms with E-state index in [1.165, 1.54) is 5.69 Å². The molecule has 2 rings (SSSR count). The van der Waals surface area contributed by atoms with Gasteiger partial charge in [0.2, 0.25) is 5.91 Å². The van der Waals surface area contributed by atoms with E-state index in [0.29, 0.717) is 19.1 Å². The van der Waals surface area contributed by atoms with E-state index in [2.05, 4.69) is 48.3 Å². The van der Waals surface area contributed by atoms with E-state index < -0.39 is 0 Å². The third-order valence-corrected chi connectivity index (χ3v) is 5.10. The molecule has 0 bridgehead atoms. The number of carbonyl (C=O) groups is 1. The first-order chi connectivity index (χ1) is 11.9. The van der Waals surface area contributed by atoms with Crippen LogP contribution in [0.15, 0.2) is 24.3 Å². The summed E-state index contributed by atoms with van der Waals surface area (Å²) in [7, 11) is 3.89. The van der Waals surface area contributed by atoms with Crippen molar-refractivity contribution in [3.63, 3.8) is 0 Å². The quantitative estimate of drug-likeness (QED) is 0.793. The Hall–Kier alpha value is -1.59. The number of likely N-dealkylation sites (N-methyl/N-ethyl adjacent to an activating group) is 1. The Morgan fingerprint density at radius 2 is 1.84 bits per heavy atom. The Balaban J connectivity index is 1.87. The van der Waals surface area contributed by atoms with Gasteiger partial charge in [-0.05, 0) is 56.5 Å². The lowest BCUT2D eigenvalue weighted by atomic mass is 9.97. The van der Waals surface area contributed by atoms with Crippen molar-refractivity contribution in [1.82, 2.24) is 10.2 Å². The molecule has 1 aliphatic rings. The van der Waals surface area contributed by atoms with Gasteiger partial charge in [-0.25, -0.2) is 0 Å².